The Hall–Kier alpha value is -0.770. The van der Waals surface area contributed by atoms with Crippen LogP contribution in [0.2, 0.25) is 0 Å². The van der Waals surface area contributed by atoms with Gasteiger partial charge in [0.05, 0.1) is 0 Å². The maximum absolute atomic E-state index is 11.8. The van der Waals surface area contributed by atoms with Crippen LogP contribution in [0.4, 0.5) is 4.79 Å². The molecule has 0 aromatic carbocycles. The Morgan fingerprint density at radius 2 is 1.64 bits per heavy atom. The third-order valence-corrected chi connectivity index (χ3v) is 5.08. The molecule has 1 amide bonds. The molecule has 0 atom stereocenters. The van der Waals surface area contributed by atoms with Gasteiger partial charge in [0.2, 0.25) is 0 Å². The molecule has 0 radical (unpaired) electrons. The quantitative estimate of drug-likeness (QED) is 0.825. The van der Waals surface area contributed by atoms with Gasteiger partial charge >= 0.3 is 6.09 Å². The molecule has 2 rings (SSSR count). The van der Waals surface area contributed by atoms with E-state index in [1.165, 1.54) is 25.7 Å². The summed E-state index contributed by atoms with van der Waals surface area (Å²) < 4.78 is 5.33. The van der Waals surface area contributed by atoms with Crippen molar-refractivity contribution in [2.75, 3.05) is 6.54 Å². The van der Waals surface area contributed by atoms with Crippen molar-refractivity contribution in [3.8, 4) is 0 Å². The number of alkyl carbamates (subject to hydrolysis) is 1. The third-order valence-electron chi connectivity index (χ3n) is 5.08. The first-order valence-electron chi connectivity index (χ1n) is 8.99. The smallest absolute Gasteiger partial charge is 0.407 e. The van der Waals surface area contributed by atoms with Crippen molar-refractivity contribution in [2.45, 2.75) is 96.7 Å². The Balaban J connectivity index is 1.64. The maximum Gasteiger partial charge on any atom is 0.407 e. The standard InChI is InChI=1S/C18H34N2O2/c1-17(2,3)22-16(21)20-15-9-7-14(8-10-15)19-13-18(4)11-5-6-12-18/h14-15,19H,5-13H2,1-4H3,(H,20,21). The lowest BCUT2D eigenvalue weighted by atomic mass is 9.86. The first-order valence-corrected chi connectivity index (χ1v) is 8.99. The summed E-state index contributed by atoms with van der Waals surface area (Å²) in [6.07, 6.45) is 9.65. The minimum Gasteiger partial charge on any atom is -0.444 e. The number of nitrogens with one attached hydrogen (secondary N) is 2. The fraction of sp³-hybridized carbons (Fsp3) is 0.944. The summed E-state index contributed by atoms with van der Waals surface area (Å²) in [5, 5.41) is 6.78. The Bertz CT molecular complexity index is 362. The second-order valence-electron chi connectivity index (χ2n) is 8.59. The minimum atomic E-state index is -0.417. The maximum atomic E-state index is 11.8. The van der Waals surface area contributed by atoms with Gasteiger partial charge in [0.25, 0.3) is 0 Å². The molecule has 0 aromatic heterocycles. The lowest BCUT2D eigenvalue weighted by molar-refractivity contribution is 0.0489. The highest BCUT2D eigenvalue weighted by Gasteiger charge is 2.30. The van der Waals surface area contributed by atoms with Crippen molar-refractivity contribution in [1.29, 1.82) is 0 Å². The highest BCUT2D eigenvalue weighted by atomic mass is 16.6. The molecule has 0 heterocycles. The van der Waals surface area contributed by atoms with Crippen LogP contribution >= 0.6 is 0 Å². The third kappa shape index (κ3) is 5.79. The van der Waals surface area contributed by atoms with Crippen molar-refractivity contribution in [3.63, 3.8) is 0 Å². The van der Waals surface area contributed by atoms with Crippen molar-refractivity contribution in [1.82, 2.24) is 10.6 Å². The Kier molecular flexibility index (Phi) is 5.76. The largest absolute Gasteiger partial charge is 0.444 e. The summed E-state index contributed by atoms with van der Waals surface area (Å²) in [7, 11) is 0. The van der Waals surface area contributed by atoms with E-state index in [4.69, 9.17) is 4.74 Å². The highest BCUT2D eigenvalue weighted by molar-refractivity contribution is 5.68. The molecule has 0 aliphatic heterocycles. The summed E-state index contributed by atoms with van der Waals surface area (Å²) in [4.78, 5) is 11.8. The van der Waals surface area contributed by atoms with Gasteiger partial charge in [-0.3, -0.25) is 0 Å². The van der Waals surface area contributed by atoms with Crippen LogP contribution in [-0.4, -0.2) is 30.3 Å². The van der Waals surface area contributed by atoms with Gasteiger partial charge in [0.1, 0.15) is 5.60 Å². The first kappa shape index (κ1) is 17.6. The molecule has 4 heteroatoms. The van der Waals surface area contributed by atoms with E-state index in [0.717, 1.165) is 32.2 Å². The second kappa shape index (κ2) is 7.20. The van der Waals surface area contributed by atoms with Gasteiger partial charge < -0.3 is 15.4 Å². The number of carbonyl (C=O) groups excluding carboxylic acids is 1. The minimum absolute atomic E-state index is 0.273. The van der Waals surface area contributed by atoms with E-state index in [0.29, 0.717) is 11.5 Å². The highest BCUT2D eigenvalue weighted by Crippen LogP contribution is 2.37. The van der Waals surface area contributed by atoms with Crippen LogP contribution in [0.5, 0.6) is 0 Å². The summed E-state index contributed by atoms with van der Waals surface area (Å²) in [5.41, 5.74) is 0.102. The molecule has 0 spiro atoms. The molecule has 4 nitrogen and oxygen atoms in total. The molecule has 0 saturated heterocycles. The number of amides is 1. The first-order chi connectivity index (χ1) is 10.3. The average Bonchev–Trinajstić information content (AvgIpc) is 2.83. The number of carbonyl (C=O) groups is 1. The molecule has 2 fully saturated rings. The van der Waals surface area contributed by atoms with Crippen LogP contribution in [0.15, 0.2) is 0 Å². The molecule has 2 N–H and O–H groups in total. The predicted octanol–water partition coefficient (Wildman–Crippen LogP) is 3.99. The van der Waals surface area contributed by atoms with Gasteiger partial charge in [-0.25, -0.2) is 4.79 Å². The van der Waals surface area contributed by atoms with Crippen LogP contribution < -0.4 is 10.6 Å². The van der Waals surface area contributed by atoms with Crippen molar-refractivity contribution < 1.29 is 9.53 Å². The number of rotatable bonds is 4. The van der Waals surface area contributed by atoms with Crippen molar-refractivity contribution >= 4 is 6.09 Å². The van der Waals surface area contributed by atoms with Crippen LogP contribution in [0, 0.1) is 5.41 Å². The number of hydrogen-bond acceptors (Lipinski definition) is 3. The predicted molar refractivity (Wildman–Crippen MR) is 90.0 cm³/mol. The SMILES string of the molecule is CC1(CNC2CCC(NC(=O)OC(C)(C)C)CC2)CCCC1. The van der Waals surface area contributed by atoms with Crippen molar-refractivity contribution in [2.24, 2.45) is 5.41 Å². The summed E-state index contributed by atoms with van der Waals surface area (Å²) in [6.45, 7) is 9.27. The monoisotopic (exact) mass is 310 g/mol. The fourth-order valence-electron chi connectivity index (χ4n) is 3.71. The summed E-state index contributed by atoms with van der Waals surface area (Å²) in [6, 6.07) is 0.893. The molecular formula is C18H34N2O2. The molecule has 128 valence electrons. The zero-order chi connectivity index (χ0) is 16.2. The normalized spacial score (nSPS) is 28.4. The van der Waals surface area contributed by atoms with Crippen LogP contribution in [0.3, 0.4) is 0 Å². The second-order valence-corrected chi connectivity index (χ2v) is 8.59. The van der Waals surface area contributed by atoms with E-state index in [1.807, 2.05) is 20.8 Å². The van der Waals surface area contributed by atoms with Crippen LogP contribution in [0.25, 0.3) is 0 Å². The Morgan fingerprint density at radius 3 is 2.18 bits per heavy atom. The number of ether oxygens (including phenoxy) is 1. The van der Waals surface area contributed by atoms with Gasteiger partial charge in [0.15, 0.2) is 0 Å². The van der Waals surface area contributed by atoms with E-state index in [1.54, 1.807) is 0 Å². The lowest BCUT2D eigenvalue weighted by Gasteiger charge is -2.33. The van der Waals surface area contributed by atoms with Gasteiger partial charge in [-0.1, -0.05) is 19.8 Å². The van der Waals surface area contributed by atoms with Crippen LogP contribution in [-0.2, 0) is 4.74 Å². The van der Waals surface area contributed by atoms with E-state index >= 15 is 0 Å². The summed E-state index contributed by atoms with van der Waals surface area (Å²) in [5.74, 6) is 0. The van der Waals surface area contributed by atoms with E-state index in [9.17, 15) is 4.79 Å². The molecule has 0 aromatic rings. The van der Waals surface area contributed by atoms with Gasteiger partial charge in [-0.15, -0.1) is 0 Å². The van der Waals surface area contributed by atoms with Crippen molar-refractivity contribution in [3.05, 3.63) is 0 Å². The lowest BCUT2D eigenvalue weighted by Crippen LogP contribution is -2.45. The van der Waals surface area contributed by atoms with E-state index in [2.05, 4.69) is 17.6 Å². The Labute approximate surface area is 135 Å². The fourth-order valence-corrected chi connectivity index (χ4v) is 3.71. The Morgan fingerprint density at radius 1 is 1.09 bits per heavy atom. The van der Waals surface area contributed by atoms with E-state index < -0.39 is 5.60 Å². The van der Waals surface area contributed by atoms with Gasteiger partial charge in [-0.05, 0) is 64.7 Å². The van der Waals surface area contributed by atoms with E-state index in [-0.39, 0.29) is 12.1 Å². The molecule has 2 aliphatic carbocycles. The summed E-state index contributed by atoms with van der Waals surface area (Å²) >= 11 is 0. The molecule has 22 heavy (non-hydrogen) atoms. The molecule has 2 saturated carbocycles. The number of hydrogen-bond donors (Lipinski definition) is 2. The van der Waals surface area contributed by atoms with Gasteiger partial charge in [0, 0.05) is 18.6 Å². The zero-order valence-corrected chi connectivity index (χ0v) is 14.8. The zero-order valence-electron chi connectivity index (χ0n) is 14.8. The molecule has 0 unspecified atom stereocenters. The van der Waals surface area contributed by atoms with Gasteiger partial charge in [-0.2, -0.15) is 0 Å². The van der Waals surface area contributed by atoms with Crippen LogP contribution in [0.1, 0.15) is 79.1 Å². The molecule has 0 bridgehead atoms. The molecular weight excluding hydrogens is 276 g/mol. The topological polar surface area (TPSA) is 50.4 Å². The molecule has 2 aliphatic rings. The average molecular weight is 310 g/mol.